The third-order valence-electron chi connectivity index (χ3n) is 3.09. The van der Waals surface area contributed by atoms with E-state index in [0.29, 0.717) is 13.0 Å². The molecule has 0 aliphatic carbocycles. The van der Waals surface area contributed by atoms with Crippen LogP contribution in [0.5, 0.6) is 0 Å². The van der Waals surface area contributed by atoms with Gasteiger partial charge < -0.3 is 20.1 Å². The molecule has 0 saturated carbocycles. The van der Waals surface area contributed by atoms with E-state index in [0.717, 1.165) is 0 Å². The van der Waals surface area contributed by atoms with E-state index in [4.69, 9.17) is 5.11 Å². The summed E-state index contributed by atoms with van der Waals surface area (Å²) in [4.78, 5) is 46.1. The van der Waals surface area contributed by atoms with Gasteiger partial charge in [-0.15, -0.1) is 0 Å². The van der Waals surface area contributed by atoms with Gasteiger partial charge in [-0.25, -0.2) is 9.59 Å². The highest BCUT2D eigenvalue weighted by atomic mass is 16.5. The largest absolute Gasteiger partial charge is 0.480 e. The number of hydrogen-bond donors (Lipinski definition) is 3. The zero-order valence-corrected chi connectivity index (χ0v) is 9.97. The van der Waals surface area contributed by atoms with Gasteiger partial charge in [0.2, 0.25) is 5.91 Å². The van der Waals surface area contributed by atoms with Crippen molar-refractivity contribution in [3.8, 4) is 0 Å². The Labute approximate surface area is 107 Å². The number of rotatable bonds is 4. The molecular formula is C10H13N3O6. The monoisotopic (exact) mass is 271 g/mol. The topological polar surface area (TPSA) is 125 Å². The number of carbonyl (C=O) groups is 4. The van der Waals surface area contributed by atoms with E-state index in [9.17, 15) is 19.2 Å². The fraction of sp³-hybridized carbons (Fsp3) is 0.600. The number of amides is 4. The van der Waals surface area contributed by atoms with Gasteiger partial charge in [0, 0.05) is 6.54 Å². The van der Waals surface area contributed by atoms with Crippen LogP contribution in [0, 0.1) is 0 Å². The summed E-state index contributed by atoms with van der Waals surface area (Å²) < 4.78 is 4.69. The van der Waals surface area contributed by atoms with E-state index in [1.54, 1.807) is 0 Å². The lowest BCUT2D eigenvalue weighted by Gasteiger charge is -2.20. The maximum Gasteiger partial charge on any atom is 0.329 e. The highest BCUT2D eigenvalue weighted by Gasteiger charge is 2.51. The second-order valence-corrected chi connectivity index (χ2v) is 4.44. The molecule has 0 aromatic heterocycles. The summed E-state index contributed by atoms with van der Waals surface area (Å²) in [6.45, 7) is -0.539. The van der Waals surface area contributed by atoms with E-state index < -0.39 is 36.0 Å². The molecule has 3 N–H and O–H groups in total. The van der Waals surface area contributed by atoms with Crippen LogP contribution < -0.4 is 10.6 Å². The molecule has 1 spiro atoms. The molecule has 1 unspecified atom stereocenters. The van der Waals surface area contributed by atoms with Crippen LogP contribution in [0.25, 0.3) is 0 Å². The van der Waals surface area contributed by atoms with Crippen LogP contribution >= 0.6 is 0 Å². The highest BCUT2D eigenvalue weighted by molar-refractivity contribution is 6.07. The molecule has 0 bridgehead atoms. The minimum absolute atomic E-state index is 0.0693. The lowest BCUT2D eigenvalue weighted by atomic mass is 10.00. The van der Waals surface area contributed by atoms with Crippen molar-refractivity contribution in [3.63, 3.8) is 0 Å². The Hall–Kier alpha value is -2.16. The molecule has 2 saturated heterocycles. The molecule has 2 aliphatic rings. The molecule has 2 fully saturated rings. The van der Waals surface area contributed by atoms with Crippen molar-refractivity contribution in [3.05, 3.63) is 0 Å². The fourth-order valence-electron chi connectivity index (χ4n) is 2.16. The number of carboxylic acids is 1. The Morgan fingerprint density at radius 1 is 1.37 bits per heavy atom. The van der Waals surface area contributed by atoms with Crippen LogP contribution in [0.1, 0.15) is 6.42 Å². The number of nitrogens with one attached hydrogen (secondary N) is 2. The number of urea groups is 1. The van der Waals surface area contributed by atoms with Gasteiger partial charge in [-0.3, -0.25) is 14.9 Å². The molecule has 9 nitrogen and oxygen atoms in total. The SMILES string of the molecule is O=C(O)COCC(=O)N1CCC2(C1)NC(=O)NC2=O. The summed E-state index contributed by atoms with van der Waals surface area (Å²) >= 11 is 0. The van der Waals surface area contributed by atoms with Gasteiger partial charge in [0.1, 0.15) is 18.8 Å². The number of hydrogen-bond acceptors (Lipinski definition) is 5. The van der Waals surface area contributed by atoms with E-state index in [-0.39, 0.29) is 13.2 Å². The smallest absolute Gasteiger partial charge is 0.329 e. The third-order valence-corrected chi connectivity index (χ3v) is 3.09. The zero-order valence-electron chi connectivity index (χ0n) is 9.97. The lowest BCUT2D eigenvalue weighted by Crippen LogP contribution is -2.50. The first kappa shape index (κ1) is 13.3. The van der Waals surface area contributed by atoms with E-state index in [1.165, 1.54) is 4.90 Å². The molecule has 1 atom stereocenters. The van der Waals surface area contributed by atoms with Crippen molar-refractivity contribution in [2.45, 2.75) is 12.0 Å². The van der Waals surface area contributed by atoms with Crippen LogP contribution in [-0.4, -0.2) is 65.7 Å². The zero-order chi connectivity index (χ0) is 14.0. The Kier molecular flexibility index (Phi) is 3.38. The Balaban J connectivity index is 1.88. The number of likely N-dealkylation sites (tertiary alicyclic amines) is 1. The Morgan fingerprint density at radius 3 is 2.68 bits per heavy atom. The van der Waals surface area contributed by atoms with Crippen molar-refractivity contribution >= 4 is 23.8 Å². The summed E-state index contributed by atoms with van der Waals surface area (Å²) in [7, 11) is 0. The second kappa shape index (κ2) is 4.84. The average Bonchev–Trinajstić information content (AvgIpc) is 2.84. The maximum absolute atomic E-state index is 11.7. The van der Waals surface area contributed by atoms with Crippen molar-refractivity contribution in [2.24, 2.45) is 0 Å². The van der Waals surface area contributed by atoms with Gasteiger partial charge in [0.25, 0.3) is 5.91 Å². The molecule has 2 heterocycles. The Bertz CT molecular complexity index is 451. The van der Waals surface area contributed by atoms with Crippen molar-refractivity contribution < 1.29 is 29.0 Å². The number of carboxylic acid groups (broad SMARTS) is 1. The maximum atomic E-state index is 11.7. The molecule has 0 aromatic rings. The molecular weight excluding hydrogens is 258 g/mol. The first-order chi connectivity index (χ1) is 8.93. The minimum Gasteiger partial charge on any atom is -0.480 e. The van der Waals surface area contributed by atoms with Gasteiger partial charge in [-0.1, -0.05) is 0 Å². The minimum atomic E-state index is -1.16. The van der Waals surface area contributed by atoms with Crippen molar-refractivity contribution in [2.75, 3.05) is 26.3 Å². The molecule has 9 heteroatoms. The second-order valence-electron chi connectivity index (χ2n) is 4.44. The van der Waals surface area contributed by atoms with Crippen LogP contribution in [-0.2, 0) is 19.1 Å². The molecule has 0 radical (unpaired) electrons. The van der Waals surface area contributed by atoms with Gasteiger partial charge in [0.05, 0.1) is 6.54 Å². The third kappa shape index (κ3) is 2.65. The van der Waals surface area contributed by atoms with E-state index in [1.807, 2.05) is 0 Å². The van der Waals surface area contributed by atoms with Gasteiger partial charge >= 0.3 is 12.0 Å². The van der Waals surface area contributed by atoms with E-state index >= 15 is 0 Å². The molecule has 19 heavy (non-hydrogen) atoms. The summed E-state index contributed by atoms with van der Waals surface area (Å²) in [5.41, 5.74) is -1.06. The molecule has 2 aliphatic heterocycles. The number of aliphatic carboxylic acids is 1. The first-order valence-corrected chi connectivity index (χ1v) is 5.64. The van der Waals surface area contributed by atoms with Crippen LogP contribution in [0.4, 0.5) is 4.79 Å². The van der Waals surface area contributed by atoms with E-state index in [2.05, 4.69) is 15.4 Å². The predicted molar refractivity (Wildman–Crippen MR) is 59.1 cm³/mol. The van der Waals surface area contributed by atoms with Gasteiger partial charge in [-0.2, -0.15) is 0 Å². The number of nitrogens with zero attached hydrogens (tertiary/aromatic N) is 1. The molecule has 2 rings (SSSR count). The van der Waals surface area contributed by atoms with Crippen LogP contribution in [0.2, 0.25) is 0 Å². The van der Waals surface area contributed by atoms with Crippen LogP contribution in [0.3, 0.4) is 0 Å². The average molecular weight is 271 g/mol. The standard InChI is InChI=1S/C10H13N3O6/c14-6(3-19-4-7(15)16)13-2-1-10(5-13)8(17)11-9(18)12-10/h1-5H2,(H,15,16)(H2,11,12,17,18). The molecule has 4 amide bonds. The number of ether oxygens (including phenoxy) is 1. The normalized spacial score (nSPS) is 25.6. The summed E-state index contributed by atoms with van der Waals surface area (Å²) in [6.07, 6.45) is 0.329. The summed E-state index contributed by atoms with van der Waals surface area (Å²) in [6, 6.07) is -0.568. The van der Waals surface area contributed by atoms with Gasteiger partial charge in [-0.05, 0) is 6.42 Å². The quantitative estimate of drug-likeness (QED) is 0.503. The highest BCUT2D eigenvalue weighted by Crippen LogP contribution is 2.24. The Morgan fingerprint density at radius 2 is 2.11 bits per heavy atom. The van der Waals surface area contributed by atoms with Crippen LogP contribution in [0.15, 0.2) is 0 Å². The number of carbonyl (C=O) groups excluding carboxylic acids is 3. The van der Waals surface area contributed by atoms with Crippen molar-refractivity contribution in [1.29, 1.82) is 0 Å². The number of imide groups is 1. The fourth-order valence-corrected chi connectivity index (χ4v) is 2.16. The van der Waals surface area contributed by atoms with Crippen molar-refractivity contribution in [1.82, 2.24) is 15.5 Å². The van der Waals surface area contributed by atoms with Gasteiger partial charge in [0.15, 0.2) is 0 Å². The predicted octanol–water partition coefficient (Wildman–Crippen LogP) is -2.10. The lowest BCUT2D eigenvalue weighted by molar-refractivity contribution is -0.145. The summed E-state index contributed by atoms with van der Waals surface area (Å²) in [5.74, 6) is -2.01. The molecule has 0 aromatic carbocycles. The first-order valence-electron chi connectivity index (χ1n) is 5.64. The molecule has 104 valence electrons. The summed E-state index contributed by atoms with van der Waals surface area (Å²) in [5, 5.41) is 13.0.